The first-order valence-corrected chi connectivity index (χ1v) is 6.60. The van der Waals surface area contributed by atoms with Crippen molar-refractivity contribution in [3.63, 3.8) is 0 Å². The summed E-state index contributed by atoms with van der Waals surface area (Å²) in [5.41, 5.74) is 0.493. The van der Waals surface area contributed by atoms with Gasteiger partial charge in [-0.1, -0.05) is 0 Å². The van der Waals surface area contributed by atoms with Crippen LogP contribution in [0.15, 0.2) is 18.3 Å². The van der Waals surface area contributed by atoms with Crippen molar-refractivity contribution in [3.8, 4) is 5.88 Å². The summed E-state index contributed by atoms with van der Waals surface area (Å²) >= 11 is 0. The molecule has 22 heavy (non-hydrogen) atoms. The van der Waals surface area contributed by atoms with Crippen LogP contribution in [0.25, 0.3) is 0 Å². The number of methoxy groups -OCH3 is 1. The molecule has 0 aromatic carbocycles. The van der Waals surface area contributed by atoms with Crippen molar-refractivity contribution in [3.05, 3.63) is 18.3 Å². The van der Waals surface area contributed by atoms with Gasteiger partial charge in [0.05, 0.1) is 25.5 Å². The van der Waals surface area contributed by atoms with Gasteiger partial charge in [-0.2, -0.15) is 13.2 Å². The van der Waals surface area contributed by atoms with E-state index >= 15 is 0 Å². The number of halogens is 3. The van der Waals surface area contributed by atoms with Crippen LogP contribution < -0.4 is 15.4 Å². The van der Waals surface area contributed by atoms with Gasteiger partial charge < -0.3 is 15.4 Å². The maximum absolute atomic E-state index is 12.1. The van der Waals surface area contributed by atoms with Gasteiger partial charge in [0.1, 0.15) is 0 Å². The molecule has 1 aromatic rings. The summed E-state index contributed by atoms with van der Waals surface area (Å²) in [6.07, 6.45) is -2.35. The van der Waals surface area contributed by atoms with Crippen molar-refractivity contribution in [1.29, 1.82) is 0 Å². The molecular weight excluding hydrogens is 301 g/mol. The predicted molar refractivity (Wildman–Crippen MR) is 76.0 cm³/mol. The molecule has 1 aromatic heterocycles. The molecule has 2 N–H and O–H groups in total. The first-order chi connectivity index (χ1) is 10.3. The highest BCUT2D eigenvalue weighted by molar-refractivity contribution is 5.88. The number of ether oxygens (including phenoxy) is 1. The molecule has 6 nitrogen and oxygen atoms in total. The minimum Gasteiger partial charge on any atom is -0.481 e. The molecule has 124 valence electrons. The van der Waals surface area contributed by atoms with Crippen LogP contribution in [0, 0.1) is 0 Å². The summed E-state index contributed by atoms with van der Waals surface area (Å²) in [5.74, 6) is 0.429. The second-order valence-electron chi connectivity index (χ2n) is 4.68. The van der Waals surface area contributed by atoms with Crippen LogP contribution in [-0.2, 0) is 0 Å². The minimum atomic E-state index is -4.21. The lowest BCUT2D eigenvalue weighted by Gasteiger charge is -2.18. The normalized spacial score (nSPS) is 11.4. The Labute approximate surface area is 126 Å². The molecule has 1 rings (SSSR count). The zero-order valence-corrected chi connectivity index (χ0v) is 12.4. The van der Waals surface area contributed by atoms with Crippen LogP contribution in [0.1, 0.15) is 6.42 Å². The van der Waals surface area contributed by atoms with Gasteiger partial charge in [0, 0.05) is 12.6 Å². The topological polar surface area (TPSA) is 66.5 Å². The van der Waals surface area contributed by atoms with E-state index in [9.17, 15) is 18.0 Å². The van der Waals surface area contributed by atoms with Gasteiger partial charge in [0.2, 0.25) is 5.88 Å². The molecule has 0 saturated heterocycles. The molecule has 9 heteroatoms. The number of aromatic nitrogens is 1. The van der Waals surface area contributed by atoms with Crippen molar-refractivity contribution in [1.82, 2.24) is 15.2 Å². The van der Waals surface area contributed by atoms with Crippen LogP contribution in [-0.4, -0.2) is 55.9 Å². The number of pyridine rings is 1. The average molecular weight is 320 g/mol. The SMILES string of the molecule is COc1ccc(NC(=O)NCCCN(C)CC(F)(F)F)cn1. The Morgan fingerprint density at radius 3 is 2.68 bits per heavy atom. The Morgan fingerprint density at radius 2 is 2.14 bits per heavy atom. The summed E-state index contributed by atoms with van der Waals surface area (Å²) in [6, 6.07) is 2.79. The second kappa shape index (κ2) is 8.42. The maximum atomic E-state index is 12.1. The Balaban J connectivity index is 2.20. The third kappa shape index (κ3) is 7.67. The Kier molecular flexibility index (Phi) is 6.90. The fraction of sp³-hybridized carbons (Fsp3) is 0.538. The number of amides is 2. The lowest BCUT2D eigenvalue weighted by Crippen LogP contribution is -2.34. The molecule has 0 aliphatic carbocycles. The number of nitrogens with zero attached hydrogens (tertiary/aromatic N) is 2. The number of carbonyl (C=O) groups excluding carboxylic acids is 1. The van der Waals surface area contributed by atoms with Crippen LogP contribution in [0.2, 0.25) is 0 Å². The summed E-state index contributed by atoms with van der Waals surface area (Å²) in [6.45, 7) is -0.446. The summed E-state index contributed by atoms with van der Waals surface area (Å²) < 4.78 is 41.2. The third-order valence-corrected chi connectivity index (χ3v) is 2.65. The van der Waals surface area contributed by atoms with Crippen molar-refractivity contribution < 1.29 is 22.7 Å². The Bertz CT molecular complexity index is 465. The third-order valence-electron chi connectivity index (χ3n) is 2.65. The highest BCUT2D eigenvalue weighted by atomic mass is 19.4. The lowest BCUT2D eigenvalue weighted by atomic mass is 10.4. The molecule has 0 atom stereocenters. The van der Waals surface area contributed by atoms with Gasteiger partial charge in [-0.05, 0) is 26.1 Å². The number of urea groups is 1. The Hall–Kier alpha value is -2.03. The number of rotatable bonds is 7. The minimum absolute atomic E-state index is 0.240. The van der Waals surface area contributed by atoms with Crippen LogP contribution in [0.4, 0.5) is 23.7 Å². The number of nitrogens with one attached hydrogen (secondary N) is 2. The lowest BCUT2D eigenvalue weighted by molar-refractivity contribution is -0.143. The summed E-state index contributed by atoms with van der Waals surface area (Å²) in [7, 11) is 2.87. The van der Waals surface area contributed by atoms with E-state index in [0.717, 1.165) is 4.90 Å². The van der Waals surface area contributed by atoms with E-state index in [1.807, 2.05) is 0 Å². The quantitative estimate of drug-likeness (QED) is 0.755. The maximum Gasteiger partial charge on any atom is 0.401 e. The van der Waals surface area contributed by atoms with Crippen LogP contribution >= 0.6 is 0 Å². The molecule has 0 spiro atoms. The van der Waals surface area contributed by atoms with Crippen molar-refractivity contribution in [2.24, 2.45) is 0 Å². The zero-order valence-electron chi connectivity index (χ0n) is 12.4. The zero-order chi connectivity index (χ0) is 16.6. The first kappa shape index (κ1) is 18.0. The van der Waals surface area contributed by atoms with Gasteiger partial charge in [-0.15, -0.1) is 0 Å². The summed E-state index contributed by atoms with van der Waals surface area (Å²) in [5, 5.41) is 5.12. The number of anilines is 1. The van der Waals surface area contributed by atoms with Crippen molar-refractivity contribution in [2.45, 2.75) is 12.6 Å². The smallest absolute Gasteiger partial charge is 0.401 e. The molecule has 0 aliphatic heterocycles. The monoisotopic (exact) mass is 320 g/mol. The average Bonchev–Trinajstić information content (AvgIpc) is 2.42. The van der Waals surface area contributed by atoms with Crippen LogP contribution in [0.5, 0.6) is 5.88 Å². The number of carbonyl (C=O) groups is 1. The molecular formula is C13H19F3N4O2. The predicted octanol–water partition coefficient (Wildman–Crippen LogP) is 2.10. The van der Waals surface area contributed by atoms with E-state index < -0.39 is 18.8 Å². The fourth-order valence-corrected chi connectivity index (χ4v) is 1.69. The van der Waals surface area contributed by atoms with E-state index in [-0.39, 0.29) is 13.1 Å². The second-order valence-corrected chi connectivity index (χ2v) is 4.68. The highest BCUT2D eigenvalue weighted by Gasteiger charge is 2.28. The molecule has 0 bridgehead atoms. The molecule has 0 fully saturated rings. The van der Waals surface area contributed by atoms with E-state index in [1.54, 1.807) is 12.1 Å². The van der Waals surface area contributed by atoms with Gasteiger partial charge in [-0.25, -0.2) is 9.78 Å². The molecule has 0 saturated carbocycles. The first-order valence-electron chi connectivity index (χ1n) is 6.60. The van der Waals surface area contributed by atoms with E-state index in [0.29, 0.717) is 18.0 Å². The van der Waals surface area contributed by atoms with Crippen LogP contribution in [0.3, 0.4) is 0 Å². The van der Waals surface area contributed by atoms with Crippen molar-refractivity contribution >= 4 is 11.7 Å². The van der Waals surface area contributed by atoms with E-state index in [1.165, 1.54) is 20.4 Å². The Morgan fingerprint density at radius 1 is 1.41 bits per heavy atom. The molecule has 0 radical (unpaired) electrons. The fourth-order valence-electron chi connectivity index (χ4n) is 1.69. The number of hydrogen-bond acceptors (Lipinski definition) is 4. The van der Waals surface area contributed by atoms with Gasteiger partial charge in [-0.3, -0.25) is 4.90 Å². The standard InChI is InChI=1S/C13H19F3N4O2/c1-20(9-13(14,15)16)7-3-6-17-12(21)19-10-4-5-11(22-2)18-8-10/h4-5,8H,3,6-7,9H2,1-2H3,(H2,17,19,21). The molecule has 0 aliphatic rings. The highest BCUT2D eigenvalue weighted by Crippen LogP contribution is 2.15. The number of hydrogen-bond donors (Lipinski definition) is 2. The number of alkyl halides is 3. The van der Waals surface area contributed by atoms with E-state index in [4.69, 9.17) is 4.74 Å². The van der Waals surface area contributed by atoms with E-state index in [2.05, 4.69) is 15.6 Å². The molecule has 1 heterocycles. The summed E-state index contributed by atoms with van der Waals surface area (Å²) in [4.78, 5) is 16.7. The van der Waals surface area contributed by atoms with Gasteiger partial charge in [0.15, 0.2) is 0 Å². The molecule has 2 amide bonds. The van der Waals surface area contributed by atoms with Gasteiger partial charge in [0.25, 0.3) is 0 Å². The van der Waals surface area contributed by atoms with Crippen molar-refractivity contribution in [2.75, 3.05) is 39.1 Å². The van der Waals surface area contributed by atoms with Gasteiger partial charge >= 0.3 is 12.2 Å². The largest absolute Gasteiger partial charge is 0.481 e. The molecule has 0 unspecified atom stereocenters.